The Kier molecular flexibility index (Phi) is 9.82. The van der Waals surface area contributed by atoms with Crippen LogP contribution in [0.15, 0.2) is 109 Å². The molecule has 42 heavy (non-hydrogen) atoms. The van der Waals surface area contributed by atoms with Crippen molar-refractivity contribution in [2.45, 2.75) is 70.4 Å². The van der Waals surface area contributed by atoms with E-state index in [-0.39, 0.29) is 25.3 Å². The summed E-state index contributed by atoms with van der Waals surface area (Å²) in [5.41, 5.74) is 6.00. The third-order valence-corrected chi connectivity index (χ3v) is 8.46. The number of hydrogen-bond acceptors (Lipinski definition) is 5. The molecule has 1 aliphatic rings. The fourth-order valence-electron chi connectivity index (χ4n) is 6.00. The Labute approximate surface area is 248 Å². The minimum absolute atomic E-state index is 0.0132. The third-order valence-electron chi connectivity index (χ3n) is 8.46. The van der Waals surface area contributed by atoms with Gasteiger partial charge in [-0.3, -0.25) is 9.48 Å². The molecule has 218 valence electrons. The van der Waals surface area contributed by atoms with Crippen LogP contribution in [0.1, 0.15) is 40.3 Å². The zero-order valence-corrected chi connectivity index (χ0v) is 24.1. The summed E-state index contributed by atoms with van der Waals surface area (Å²) in [5.74, 6) is 0.977. The van der Waals surface area contributed by atoms with Crippen LogP contribution in [0.25, 0.3) is 0 Å². The topological polar surface area (TPSA) is 87.2 Å². The van der Waals surface area contributed by atoms with Gasteiger partial charge in [-0.25, -0.2) is 0 Å². The lowest BCUT2D eigenvalue weighted by atomic mass is 9.90. The fourth-order valence-corrected chi connectivity index (χ4v) is 6.00. The Morgan fingerprint density at radius 1 is 0.571 bits per heavy atom. The summed E-state index contributed by atoms with van der Waals surface area (Å²) in [7, 11) is 0. The first-order chi connectivity index (χ1) is 20.5. The molecule has 6 nitrogen and oxygen atoms in total. The van der Waals surface area contributed by atoms with Crippen LogP contribution in [0.2, 0.25) is 0 Å². The molecule has 0 spiro atoms. The van der Waals surface area contributed by atoms with Crippen LogP contribution in [0.4, 0.5) is 0 Å². The highest BCUT2D eigenvalue weighted by atomic mass is 16.3. The van der Waals surface area contributed by atoms with Crippen molar-refractivity contribution < 1.29 is 25.0 Å². The molecule has 1 heterocycles. The molecule has 1 aliphatic heterocycles. The summed E-state index contributed by atoms with van der Waals surface area (Å²) in [6.45, 7) is 3.14. The van der Waals surface area contributed by atoms with E-state index in [4.69, 9.17) is 0 Å². The smallest absolute Gasteiger partial charge is 0.244 e. The van der Waals surface area contributed by atoms with E-state index in [0.717, 1.165) is 39.2 Å². The Morgan fingerprint density at radius 2 is 1.05 bits per heavy atom. The maximum absolute atomic E-state index is 11.9. The number of rotatable bonds is 10. The Hall–Kier alpha value is -3.81. The van der Waals surface area contributed by atoms with Crippen LogP contribution < -0.4 is 0 Å². The lowest BCUT2D eigenvalue weighted by Crippen LogP contribution is -2.51. The maximum Gasteiger partial charge on any atom is 0.244 e. The summed E-state index contributed by atoms with van der Waals surface area (Å²) < 4.78 is 2.24. The lowest BCUT2D eigenvalue weighted by molar-refractivity contribution is -0.594. The molecule has 0 saturated carbocycles. The van der Waals surface area contributed by atoms with Crippen molar-refractivity contribution in [2.75, 3.05) is 0 Å². The van der Waals surface area contributed by atoms with E-state index in [1.54, 1.807) is 0 Å². The van der Waals surface area contributed by atoms with Crippen molar-refractivity contribution in [1.29, 1.82) is 0 Å². The highest BCUT2D eigenvalue weighted by Crippen LogP contribution is 2.27. The average molecular weight is 566 g/mol. The number of benzene rings is 4. The monoisotopic (exact) mass is 565 g/mol. The molecule has 0 amide bonds. The van der Waals surface area contributed by atoms with Crippen LogP contribution in [-0.2, 0) is 39.1 Å². The first-order valence-electron chi connectivity index (χ1n) is 14.6. The molecule has 0 aliphatic carbocycles. The molecule has 0 unspecified atom stereocenters. The second kappa shape index (κ2) is 13.9. The molecule has 0 fully saturated rings. The van der Waals surface area contributed by atoms with Crippen molar-refractivity contribution in [3.05, 3.63) is 143 Å². The summed E-state index contributed by atoms with van der Waals surface area (Å²) in [6.07, 6.45) is -0.871. The van der Waals surface area contributed by atoms with Gasteiger partial charge >= 0.3 is 0 Å². The van der Waals surface area contributed by atoms with E-state index >= 15 is 0 Å². The summed E-state index contributed by atoms with van der Waals surface area (Å²) >= 11 is 0. The van der Waals surface area contributed by atoms with E-state index in [1.165, 1.54) is 0 Å². The van der Waals surface area contributed by atoms with Gasteiger partial charge in [-0.15, -0.1) is 0 Å². The molecule has 0 aromatic heterocycles. The Bertz CT molecular complexity index is 1440. The minimum Gasteiger partial charge on any atom is -0.392 e. The maximum atomic E-state index is 11.9. The van der Waals surface area contributed by atoms with Gasteiger partial charge in [0.25, 0.3) is 0 Å². The highest BCUT2D eigenvalue weighted by molar-refractivity contribution is 5.75. The third kappa shape index (κ3) is 6.97. The van der Waals surface area contributed by atoms with Gasteiger partial charge in [0.2, 0.25) is 5.84 Å². The zero-order chi connectivity index (χ0) is 29.5. The van der Waals surface area contributed by atoms with Crippen molar-refractivity contribution in [3.63, 3.8) is 0 Å². The molecule has 0 bridgehead atoms. The molecule has 4 aromatic carbocycles. The first-order valence-corrected chi connectivity index (χ1v) is 14.6. The standard InChI is InChI=1S/C36H41N2O4/c1-26-37(22-29-12-16-31(24-39)17-13-29)33(20-27-8-4-2-5-9-27)35(41)36(42)34(21-28-10-6-3-7-11-28)38(26)23-30-14-18-32(25-40)19-15-30/h2-19,33-36,39-42H,20-25H2,1H3/q+1/t33-,34-,35+,36+/m1/s1. The quantitative estimate of drug-likeness (QED) is 0.218. The first kappa shape index (κ1) is 29.7. The zero-order valence-electron chi connectivity index (χ0n) is 24.1. The summed E-state index contributed by atoms with van der Waals surface area (Å²) in [6, 6.07) is 35.3. The molecule has 0 saturated heterocycles. The number of aliphatic hydroxyl groups is 4. The van der Waals surface area contributed by atoms with Crippen LogP contribution in [-0.4, -0.2) is 60.0 Å². The van der Waals surface area contributed by atoms with Crippen LogP contribution >= 0.6 is 0 Å². The normalized spacial score (nSPS) is 20.9. The summed E-state index contributed by atoms with van der Waals surface area (Å²) in [5, 5.41) is 43.0. The van der Waals surface area contributed by atoms with Crippen molar-refractivity contribution >= 4 is 5.84 Å². The second-order valence-electron chi connectivity index (χ2n) is 11.2. The number of aliphatic hydroxyl groups excluding tert-OH is 4. The molecule has 4 atom stereocenters. The Balaban J connectivity index is 1.61. The van der Waals surface area contributed by atoms with Gasteiger partial charge in [-0.05, 0) is 33.4 Å². The number of amidine groups is 1. The molecule has 4 N–H and O–H groups in total. The van der Waals surface area contributed by atoms with Gasteiger partial charge in [-0.2, -0.15) is 0 Å². The predicted molar refractivity (Wildman–Crippen MR) is 165 cm³/mol. The predicted octanol–water partition coefficient (Wildman–Crippen LogP) is 4.06. The van der Waals surface area contributed by atoms with Gasteiger partial charge in [-0.1, -0.05) is 109 Å². The molecule has 6 heteroatoms. The van der Waals surface area contributed by atoms with Gasteiger partial charge in [0.05, 0.1) is 13.2 Å². The van der Waals surface area contributed by atoms with Crippen LogP contribution in [0, 0.1) is 0 Å². The SMILES string of the molecule is CC1=[N+](Cc2ccc(CO)cc2)[C@H](Cc2ccccc2)[C@H](O)[C@@H](O)[C@@H](Cc2ccccc2)N1Cc1ccc(CO)cc1. The van der Waals surface area contributed by atoms with E-state index in [0.29, 0.717) is 25.9 Å². The molecular formula is C36H41N2O4+. The lowest BCUT2D eigenvalue weighted by Gasteiger charge is -2.30. The molecule has 0 radical (unpaired) electrons. The fraction of sp³-hybridized carbons (Fsp3) is 0.306. The van der Waals surface area contributed by atoms with Gasteiger partial charge in [0.1, 0.15) is 37.4 Å². The number of hydrogen-bond donors (Lipinski definition) is 4. The molecule has 5 rings (SSSR count). The van der Waals surface area contributed by atoms with Gasteiger partial charge in [0, 0.05) is 19.8 Å². The van der Waals surface area contributed by atoms with Gasteiger partial charge < -0.3 is 20.4 Å². The van der Waals surface area contributed by atoms with E-state index < -0.39 is 12.2 Å². The minimum atomic E-state index is -1.01. The van der Waals surface area contributed by atoms with E-state index in [2.05, 4.69) is 40.7 Å². The summed E-state index contributed by atoms with van der Waals surface area (Å²) in [4.78, 5) is 2.24. The van der Waals surface area contributed by atoms with Crippen LogP contribution in [0.3, 0.4) is 0 Å². The van der Waals surface area contributed by atoms with Crippen LogP contribution in [0.5, 0.6) is 0 Å². The van der Waals surface area contributed by atoms with Crippen molar-refractivity contribution in [3.8, 4) is 0 Å². The van der Waals surface area contributed by atoms with E-state index in [1.807, 2.05) is 84.9 Å². The van der Waals surface area contributed by atoms with Crippen molar-refractivity contribution in [2.24, 2.45) is 0 Å². The second-order valence-corrected chi connectivity index (χ2v) is 11.2. The van der Waals surface area contributed by atoms with Gasteiger partial charge in [0.15, 0.2) is 0 Å². The Morgan fingerprint density at radius 3 is 1.57 bits per heavy atom. The van der Waals surface area contributed by atoms with E-state index in [9.17, 15) is 20.4 Å². The largest absolute Gasteiger partial charge is 0.392 e. The average Bonchev–Trinajstić information content (AvgIpc) is 3.10. The molecular weight excluding hydrogens is 524 g/mol. The van der Waals surface area contributed by atoms with Crippen molar-refractivity contribution in [1.82, 2.24) is 4.90 Å². The highest BCUT2D eigenvalue weighted by Gasteiger charge is 2.46. The number of nitrogens with zero attached hydrogens (tertiary/aromatic N) is 2. The molecule has 4 aromatic rings.